The van der Waals surface area contributed by atoms with Crippen molar-refractivity contribution in [3.8, 4) is 5.88 Å². The first-order chi connectivity index (χ1) is 12.1. The van der Waals surface area contributed by atoms with E-state index in [1.807, 2.05) is 55.5 Å². The van der Waals surface area contributed by atoms with Crippen LogP contribution in [0.5, 0.6) is 5.88 Å². The molecule has 0 amide bonds. The Morgan fingerprint density at radius 2 is 1.84 bits per heavy atom. The lowest BCUT2D eigenvalue weighted by molar-refractivity contribution is -0.598. The number of hydrogen-bond acceptors (Lipinski definition) is 5. The molecule has 4 aromatic rings. The van der Waals surface area contributed by atoms with E-state index in [9.17, 15) is 5.11 Å². The first kappa shape index (κ1) is 16.1. The fourth-order valence-corrected chi connectivity index (χ4v) is 3.54. The van der Waals surface area contributed by atoms with Gasteiger partial charge >= 0.3 is 5.82 Å². The van der Waals surface area contributed by atoms with Crippen LogP contribution in [-0.2, 0) is 5.75 Å². The van der Waals surface area contributed by atoms with Crippen LogP contribution in [0.3, 0.4) is 0 Å². The highest BCUT2D eigenvalue weighted by molar-refractivity contribution is 7.98. The molecule has 5 nitrogen and oxygen atoms in total. The van der Waals surface area contributed by atoms with Crippen LogP contribution < -0.4 is 9.62 Å². The van der Waals surface area contributed by atoms with Crippen LogP contribution in [-0.4, -0.2) is 15.1 Å². The van der Waals surface area contributed by atoms with Gasteiger partial charge in [-0.25, -0.2) is 4.98 Å². The van der Waals surface area contributed by atoms with Gasteiger partial charge in [0.2, 0.25) is 5.16 Å². The molecule has 124 valence electrons. The number of aromatic nitrogens is 4. The smallest absolute Gasteiger partial charge is 0.321 e. The number of nitrogens with zero attached hydrogens (tertiary/aromatic N) is 4. The van der Waals surface area contributed by atoms with Gasteiger partial charge in [-0.1, -0.05) is 57.2 Å². The van der Waals surface area contributed by atoms with Gasteiger partial charge in [0, 0.05) is 23.6 Å². The van der Waals surface area contributed by atoms with Crippen molar-refractivity contribution in [2.75, 3.05) is 0 Å². The quantitative estimate of drug-likeness (QED) is 0.316. The van der Waals surface area contributed by atoms with Crippen molar-refractivity contribution in [3.05, 3.63) is 64.9 Å². The maximum atomic E-state index is 12.6. The Bertz CT molecular complexity index is 1090. The van der Waals surface area contributed by atoms with Crippen LogP contribution in [0.15, 0.2) is 53.7 Å². The first-order valence-electron chi connectivity index (χ1n) is 7.65. The van der Waals surface area contributed by atoms with Gasteiger partial charge in [0.15, 0.2) is 11.0 Å². The molecule has 0 aliphatic carbocycles. The molecule has 4 rings (SSSR count). The molecule has 2 aromatic carbocycles. The molecule has 7 heteroatoms. The van der Waals surface area contributed by atoms with E-state index in [4.69, 9.17) is 11.6 Å². The van der Waals surface area contributed by atoms with Gasteiger partial charge in [-0.3, -0.25) is 0 Å². The molecule has 2 aromatic heterocycles. The lowest BCUT2D eigenvalue weighted by Crippen LogP contribution is -2.34. The van der Waals surface area contributed by atoms with Crippen LogP contribution in [0.2, 0.25) is 5.02 Å². The Kier molecular flexibility index (Phi) is 4.15. The zero-order valence-corrected chi connectivity index (χ0v) is 14.9. The molecule has 0 fully saturated rings. The molecule has 2 heterocycles. The number of rotatable bonds is 3. The zero-order chi connectivity index (χ0) is 17.4. The number of halogens is 1. The molecule has 0 saturated heterocycles. The van der Waals surface area contributed by atoms with Gasteiger partial charge in [0.25, 0.3) is 0 Å². The molecule has 0 spiro atoms. The van der Waals surface area contributed by atoms with E-state index >= 15 is 0 Å². The molecule has 0 aliphatic heterocycles. The van der Waals surface area contributed by atoms with E-state index in [1.54, 1.807) is 4.52 Å². The van der Waals surface area contributed by atoms with E-state index in [1.165, 1.54) is 11.8 Å². The van der Waals surface area contributed by atoms with Crippen LogP contribution in [0.1, 0.15) is 11.4 Å². The van der Waals surface area contributed by atoms with Crippen molar-refractivity contribution in [3.63, 3.8) is 0 Å². The van der Waals surface area contributed by atoms with E-state index in [-0.39, 0.29) is 5.88 Å². The van der Waals surface area contributed by atoms with Crippen molar-refractivity contribution in [1.29, 1.82) is 0 Å². The molecule has 0 saturated carbocycles. The normalized spacial score (nSPS) is 11.3. The molecule has 0 bridgehead atoms. The van der Waals surface area contributed by atoms with Gasteiger partial charge in [-0.15, -0.1) is 0 Å². The van der Waals surface area contributed by atoms with E-state index in [0.29, 0.717) is 27.3 Å². The first-order valence-corrected chi connectivity index (χ1v) is 9.02. The third-order valence-corrected chi connectivity index (χ3v) is 4.99. The maximum Gasteiger partial charge on any atom is 0.321 e. The minimum Gasteiger partial charge on any atom is -0.856 e. The summed E-state index contributed by atoms with van der Waals surface area (Å²) >= 11 is 7.31. The highest BCUT2D eigenvalue weighted by atomic mass is 35.5. The van der Waals surface area contributed by atoms with Crippen molar-refractivity contribution < 1.29 is 9.62 Å². The molecule has 0 radical (unpaired) electrons. The Hall–Kier alpha value is -2.44. The summed E-state index contributed by atoms with van der Waals surface area (Å²) in [5, 5.41) is 19.0. The average molecular weight is 369 g/mol. The standard InChI is InChI=1S/C18H13ClN4OS/c1-11-20-15-5-3-2-4-14(15)16-17(24)21-18(22-23(11)16)25-10-12-6-8-13(19)9-7-12/h2-9H,10H2,1H3. The summed E-state index contributed by atoms with van der Waals surface area (Å²) in [5.74, 6) is 1.01. The van der Waals surface area contributed by atoms with Gasteiger partial charge in [-0.2, -0.15) is 0 Å². The van der Waals surface area contributed by atoms with Crippen LogP contribution >= 0.6 is 23.4 Å². The van der Waals surface area contributed by atoms with Crippen LogP contribution in [0.4, 0.5) is 0 Å². The zero-order valence-electron chi connectivity index (χ0n) is 13.3. The second kappa shape index (κ2) is 6.46. The van der Waals surface area contributed by atoms with E-state index in [2.05, 4.69) is 15.1 Å². The Morgan fingerprint density at radius 1 is 1.08 bits per heavy atom. The Labute approximate surface area is 153 Å². The summed E-state index contributed by atoms with van der Waals surface area (Å²) in [6.45, 7) is 1.83. The van der Waals surface area contributed by atoms with Crippen LogP contribution in [0.25, 0.3) is 16.4 Å². The summed E-state index contributed by atoms with van der Waals surface area (Å²) in [5.41, 5.74) is 2.31. The van der Waals surface area contributed by atoms with Crippen molar-refractivity contribution in [2.45, 2.75) is 17.8 Å². The van der Waals surface area contributed by atoms with Gasteiger partial charge in [0.1, 0.15) is 0 Å². The number of benzene rings is 2. The molecule has 0 N–H and O–H groups in total. The summed E-state index contributed by atoms with van der Waals surface area (Å²) < 4.78 is 1.59. The average Bonchev–Trinajstić information content (AvgIpc) is 2.61. The molecule has 0 unspecified atom stereocenters. The summed E-state index contributed by atoms with van der Waals surface area (Å²) in [4.78, 5) is 8.67. The van der Waals surface area contributed by atoms with Crippen molar-refractivity contribution >= 4 is 39.8 Å². The van der Waals surface area contributed by atoms with Crippen LogP contribution in [0, 0.1) is 6.92 Å². The third kappa shape index (κ3) is 3.10. The molecular weight excluding hydrogens is 356 g/mol. The lowest BCUT2D eigenvalue weighted by atomic mass is 10.2. The number of aryl methyl sites for hydroxylation is 1. The monoisotopic (exact) mass is 368 g/mol. The SMILES string of the molecule is Cc1nc2ccccc2c2c([O-])nc(SCc3ccc(Cl)cc3)n[n+]12. The predicted molar refractivity (Wildman–Crippen MR) is 95.7 cm³/mol. The largest absolute Gasteiger partial charge is 0.856 e. The minimum absolute atomic E-state index is 0.296. The minimum atomic E-state index is -0.296. The second-order valence-electron chi connectivity index (χ2n) is 5.55. The number of thioether (sulfide) groups is 1. The third-order valence-electron chi connectivity index (χ3n) is 3.83. The van der Waals surface area contributed by atoms with E-state index in [0.717, 1.165) is 16.5 Å². The second-order valence-corrected chi connectivity index (χ2v) is 6.93. The van der Waals surface area contributed by atoms with E-state index < -0.39 is 0 Å². The highest BCUT2D eigenvalue weighted by Gasteiger charge is 2.17. The molecule has 0 aliphatic rings. The fourth-order valence-electron chi connectivity index (χ4n) is 2.63. The topological polar surface area (TPSA) is 65.8 Å². The molecule has 25 heavy (non-hydrogen) atoms. The highest BCUT2D eigenvalue weighted by Crippen LogP contribution is 2.24. The lowest BCUT2D eigenvalue weighted by Gasteiger charge is -2.10. The van der Waals surface area contributed by atoms with Crippen molar-refractivity contribution in [2.24, 2.45) is 0 Å². The Balaban J connectivity index is 1.75. The number of fused-ring (bicyclic) bond motifs is 3. The predicted octanol–water partition coefficient (Wildman–Crippen LogP) is 3.09. The molecule has 0 atom stereocenters. The van der Waals surface area contributed by atoms with Gasteiger partial charge in [-0.05, 0) is 34.8 Å². The molecular formula is C18H13ClN4OS. The summed E-state index contributed by atoms with van der Waals surface area (Å²) in [7, 11) is 0. The van der Waals surface area contributed by atoms with Gasteiger partial charge < -0.3 is 5.11 Å². The summed E-state index contributed by atoms with van der Waals surface area (Å²) in [6, 6.07) is 15.1. The number of para-hydroxylation sites is 1. The Morgan fingerprint density at radius 3 is 2.64 bits per heavy atom. The number of hydrogen-bond donors (Lipinski definition) is 0. The summed E-state index contributed by atoms with van der Waals surface area (Å²) in [6.07, 6.45) is 0. The fraction of sp³-hybridized carbons (Fsp3) is 0.111. The van der Waals surface area contributed by atoms with Crippen molar-refractivity contribution in [1.82, 2.24) is 15.1 Å². The van der Waals surface area contributed by atoms with Gasteiger partial charge in [0.05, 0.1) is 5.39 Å². The maximum absolute atomic E-state index is 12.6.